The molecule has 2 rings (SSSR count). The van der Waals surface area contributed by atoms with Crippen LogP contribution in [-0.2, 0) is 4.74 Å². The fraction of sp³-hybridized carbons (Fsp3) is 0.643. The first-order valence-electron chi connectivity index (χ1n) is 7.18. The van der Waals surface area contributed by atoms with Crippen molar-refractivity contribution in [2.45, 2.75) is 45.1 Å². The summed E-state index contributed by atoms with van der Waals surface area (Å²) in [5.41, 5.74) is -0.178. The molecule has 1 saturated carbocycles. The third-order valence-corrected chi connectivity index (χ3v) is 4.55. The highest BCUT2D eigenvalue weighted by atomic mass is 32.1. The molecule has 0 bridgehead atoms. The van der Waals surface area contributed by atoms with E-state index in [0.717, 1.165) is 24.2 Å². The topological polar surface area (TPSA) is 88.5 Å². The number of carbonyl (C=O) groups is 2. The van der Waals surface area contributed by atoms with Crippen molar-refractivity contribution < 1.29 is 19.4 Å². The molecule has 1 aliphatic carbocycles. The van der Waals surface area contributed by atoms with Gasteiger partial charge in [-0.2, -0.15) is 0 Å². The second-order valence-electron chi connectivity index (χ2n) is 5.12. The lowest BCUT2D eigenvalue weighted by atomic mass is 9.98. The molecule has 1 heterocycles. The lowest BCUT2D eigenvalue weighted by Crippen LogP contribution is -2.20. The standard InChI is InChI=1S/C14H20N2O4S/c1-9(17)12-11(13(18)19)16-14(21-12)15-7-8-20-10-5-3-2-4-6-10/h10H,2-8H2,1H3,(H,15,16)(H,18,19). The highest BCUT2D eigenvalue weighted by Crippen LogP contribution is 2.24. The lowest BCUT2D eigenvalue weighted by Gasteiger charge is -2.21. The summed E-state index contributed by atoms with van der Waals surface area (Å²) in [6, 6.07) is 0. The van der Waals surface area contributed by atoms with Crippen LogP contribution in [0.1, 0.15) is 59.2 Å². The number of carboxylic acid groups (broad SMARTS) is 1. The van der Waals surface area contributed by atoms with Crippen molar-refractivity contribution in [3.8, 4) is 0 Å². The number of nitrogens with zero attached hydrogens (tertiary/aromatic N) is 1. The zero-order chi connectivity index (χ0) is 15.2. The summed E-state index contributed by atoms with van der Waals surface area (Å²) in [4.78, 5) is 26.5. The van der Waals surface area contributed by atoms with Crippen LogP contribution in [0, 0.1) is 0 Å². The molecule has 1 aromatic heterocycles. The zero-order valence-corrected chi connectivity index (χ0v) is 12.9. The van der Waals surface area contributed by atoms with Gasteiger partial charge in [-0.25, -0.2) is 9.78 Å². The number of nitrogens with one attached hydrogen (secondary N) is 1. The summed E-state index contributed by atoms with van der Waals surface area (Å²) in [5.74, 6) is -1.46. The molecule has 1 aliphatic rings. The highest BCUT2D eigenvalue weighted by Gasteiger charge is 2.20. The van der Waals surface area contributed by atoms with Crippen molar-refractivity contribution in [1.29, 1.82) is 0 Å². The second-order valence-corrected chi connectivity index (χ2v) is 6.11. The first-order chi connectivity index (χ1) is 10.1. The van der Waals surface area contributed by atoms with E-state index in [-0.39, 0.29) is 16.4 Å². The third-order valence-electron chi connectivity index (χ3n) is 3.43. The minimum absolute atomic E-state index is 0.178. The Bertz CT molecular complexity index is 478. The number of ether oxygens (including phenoxy) is 1. The number of aromatic carboxylic acids is 1. The van der Waals surface area contributed by atoms with Crippen LogP contribution in [0.4, 0.5) is 5.13 Å². The van der Waals surface area contributed by atoms with E-state index < -0.39 is 5.97 Å². The van der Waals surface area contributed by atoms with Gasteiger partial charge in [-0.3, -0.25) is 4.79 Å². The van der Waals surface area contributed by atoms with E-state index in [2.05, 4.69) is 10.3 Å². The number of anilines is 1. The van der Waals surface area contributed by atoms with Gasteiger partial charge in [0.1, 0.15) is 4.88 Å². The van der Waals surface area contributed by atoms with Crippen LogP contribution in [0.5, 0.6) is 0 Å². The number of rotatable bonds is 7. The average molecular weight is 312 g/mol. The number of aromatic nitrogens is 1. The van der Waals surface area contributed by atoms with Crippen molar-refractivity contribution in [3.05, 3.63) is 10.6 Å². The van der Waals surface area contributed by atoms with Crippen LogP contribution in [0.25, 0.3) is 0 Å². The monoisotopic (exact) mass is 312 g/mol. The van der Waals surface area contributed by atoms with Gasteiger partial charge in [0, 0.05) is 13.5 Å². The number of thiazole rings is 1. The molecular weight excluding hydrogens is 292 g/mol. The Morgan fingerprint density at radius 1 is 1.38 bits per heavy atom. The number of carboxylic acids is 1. The molecular formula is C14H20N2O4S. The highest BCUT2D eigenvalue weighted by molar-refractivity contribution is 7.17. The van der Waals surface area contributed by atoms with Gasteiger partial charge >= 0.3 is 5.97 Å². The van der Waals surface area contributed by atoms with Crippen molar-refractivity contribution in [3.63, 3.8) is 0 Å². The molecule has 0 amide bonds. The Labute approximate surface area is 127 Å². The Morgan fingerprint density at radius 2 is 2.10 bits per heavy atom. The van der Waals surface area contributed by atoms with E-state index in [0.29, 0.717) is 24.4 Å². The molecule has 6 nitrogen and oxygen atoms in total. The number of ketones is 1. The smallest absolute Gasteiger partial charge is 0.356 e. The SMILES string of the molecule is CC(=O)c1sc(NCCOC2CCCCC2)nc1C(=O)O. The van der Waals surface area contributed by atoms with Gasteiger partial charge in [0.05, 0.1) is 12.7 Å². The summed E-state index contributed by atoms with van der Waals surface area (Å²) in [5, 5.41) is 12.5. The van der Waals surface area contributed by atoms with Crippen molar-refractivity contribution >= 4 is 28.2 Å². The molecule has 0 atom stereocenters. The van der Waals surface area contributed by atoms with Gasteiger partial charge in [-0.05, 0) is 12.8 Å². The molecule has 116 valence electrons. The predicted octanol–water partition coefficient (Wildman–Crippen LogP) is 2.81. The largest absolute Gasteiger partial charge is 0.476 e. The van der Waals surface area contributed by atoms with Gasteiger partial charge in [0.25, 0.3) is 0 Å². The van der Waals surface area contributed by atoms with E-state index >= 15 is 0 Å². The molecule has 0 spiro atoms. The molecule has 0 aliphatic heterocycles. The van der Waals surface area contributed by atoms with Gasteiger partial charge in [0.15, 0.2) is 16.6 Å². The minimum Gasteiger partial charge on any atom is -0.476 e. The van der Waals surface area contributed by atoms with E-state index in [1.54, 1.807) is 0 Å². The molecule has 21 heavy (non-hydrogen) atoms. The summed E-state index contributed by atoms with van der Waals surface area (Å²) in [6.07, 6.45) is 6.34. The number of hydrogen-bond acceptors (Lipinski definition) is 6. The predicted molar refractivity (Wildman–Crippen MR) is 80.4 cm³/mol. The van der Waals surface area contributed by atoms with Gasteiger partial charge in [-0.15, -0.1) is 0 Å². The second kappa shape index (κ2) is 7.51. The average Bonchev–Trinajstić information content (AvgIpc) is 2.89. The quantitative estimate of drug-likeness (QED) is 0.594. The maximum Gasteiger partial charge on any atom is 0.356 e. The Morgan fingerprint density at radius 3 is 2.67 bits per heavy atom. The van der Waals surface area contributed by atoms with E-state index in [1.807, 2.05) is 0 Å². The molecule has 0 unspecified atom stereocenters. The number of Topliss-reactive ketones (excluding diaryl/α,β-unsaturated/α-hetero) is 1. The maximum atomic E-state index is 11.4. The van der Waals surface area contributed by atoms with E-state index in [4.69, 9.17) is 9.84 Å². The van der Waals surface area contributed by atoms with Gasteiger partial charge < -0.3 is 15.2 Å². The van der Waals surface area contributed by atoms with Crippen molar-refractivity contribution in [2.24, 2.45) is 0 Å². The summed E-state index contributed by atoms with van der Waals surface area (Å²) < 4.78 is 5.77. The fourth-order valence-corrected chi connectivity index (χ4v) is 3.27. The van der Waals surface area contributed by atoms with Crippen LogP contribution in [0.15, 0.2) is 0 Å². The van der Waals surface area contributed by atoms with Gasteiger partial charge in [0.2, 0.25) is 0 Å². The zero-order valence-electron chi connectivity index (χ0n) is 12.1. The maximum absolute atomic E-state index is 11.4. The summed E-state index contributed by atoms with van der Waals surface area (Å²) >= 11 is 1.07. The number of hydrogen-bond donors (Lipinski definition) is 2. The molecule has 0 aromatic carbocycles. The third kappa shape index (κ3) is 4.50. The summed E-state index contributed by atoms with van der Waals surface area (Å²) in [7, 11) is 0. The summed E-state index contributed by atoms with van der Waals surface area (Å²) in [6.45, 7) is 2.46. The van der Waals surface area contributed by atoms with Crippen LogP contribution in [-0.4, -0.2) is 41.1 Å². The van der Waals surface area contributed by atoms with Crippen LogP contribution >= 0.6 is 11.3 Å². The van der Waals surface area contributed by atoms with Gasteiger partial charge in [-0.1, -0.05) is 30.6 Å². The van der Waals surface area contributed by atoms with Crippen LogP contribution < -0.4 is 5.32 Å². The Kier molecular flexibility index (Phi) is 5.69. The van der Waals surface area contributed by atoms with Crippen LogP contribution in [0.3, 0.4) is 0 Å². The Balaban J connectivity index is 1.81. The molecule has 7 heteroatoms. The first kappa shape index (κ1) is 15.9. The minimum atomic E-state index is -1.18. The normalized spacial score (nSPS) is 15.9. The Hall–Kier alpha value is -1.47. The fourth-order valence-electron chi connectivity index (χ4n) is 2.39. The molecule has 0 saturated heterocycles. The first-order valence-corrected chi connectivity index (χ1v) is 8.00. The molecule has 0 radical (unpaired) electrons. The van der Waals surface area contributed by atoms with E-state index in [9.17, 15) is 9.59 Å². The molecule has 1 fully saturated rings. The van der Waals surface area contributed by atoms with Crippen molar-refractivity contribution in [1.82, 2.24) is 4.98 Å². The molecule has 1 aromatic rings. The number of carbonyl (C=O) groups excluding carboxylic acids is 1. The molecule has 2 N–H and O–H groups in total. The van der Waals surface area contributed by atoms with Crippen molar-refractivity contribution in [2.75, 3.05) is 18.5 Å². The van der Waals surface area contributed by atoms with Crippen LogP contribution in [0.2, 0.25) is 0 Å². The lowest BCUT2D eigenvalue weighted by molar-refractivity contribution is 0.0347. The van der Waals surface area contributed by atoms with E-state index in [1.165, 1.54) is 26.2 Å².